The SMILES string of the molecule is CC(c1cccc(S(N)(=O)=O)c1)N(C)C(=O)C1CC(c2ccc(Br)cc2)NN1. The Hall–Kier alpha value is -1.78. The molecule has 0 aromatic heterocycles. The molecule has 0 spiro atoms. The summed E-state index contributed by atoms with van der Waals surface area (Å²) in [4.78, 5) is 14.6. The average molecular weight is 467 g/mol. The second-order valence-electron chi connectivity index (χ2n) is 6.92. The van der Waals surface area contributed by atoms with Crippen LogP contribution in [-0.2, 0) is 14.8 Å². The van der Waals surface area contributed by atoms with Gasteiger partial charge in [-0.25, -0.2) is 24.4 Å². The van der Waals surface area contributed by atoms with Crippen LogP contribution in [0, 0.1) is 0 Å². The van der Waals surface area contributed by atoms with Crippen molar-refractivity contribution in [3.63, 3.8) is 0 Å². The Bertz CT molecular complexity index is 965. The zero-order chi connectivity index (χ0) is 20.5. The first-order chi connectivity index (χ1) is 13.2. The lowest BCUT2D eigenvalue weighted by molar-refractivity contribution is -0.133. The van der Waals surface area contributed by atoms with Crippen molar-refractivity contribution in [2.24, 2.45) is 5.14 Å². The molecule has 3 rings (SSSR count). The van der Waals surface area contributed by atoms with Gasteiger partial charge in [-0.1, -0.05) is 40.2 Å². The maximum atomic E-state index is 12.9. The van der Waals surface area contributed by atoms with E-state index in [9.17, 15) is 13.2 Å². The molecule has 3 atom stereocenters. The van der Waals surface area contributed by atoms with Crippen molar-refractivity contribution in [3.8, 4) is 0 Å². The summed E-state index contributed by atoms with van der Waals surface area (Å²) in [5.74, 6) is -0.0689. The van der Waals surface area contributed by atoms with Crippen molar-refractivity contribution in [1.82, 2.24) is 15.8 Å². The maximum absolute atomic E-state index is 12.9. The fourth-order valence-corrected chi connectivity index (χ4v) is 4.08. The van der Waals surface area contributed by atoms with E-state index in [1.807, 2.05) is 31.2 Å². The molecule has 0 saturated carbocycles. The molecule has 9 heteroatoms. The Morgan fingerprint density at radius 3 is 2.54 bits per heavy atom. The van der Waals surface area contributed by atoms with Crippen LogP contribution in [0.5, 0.6) is 0 Å². The van der Waals surface area contributed by atoms with E-state index in [2.05, 4.69) is 26.8 Å². The van der Waals surface area contributed by atoms with Crippen LogP contribution in [0.15, 0.2) is 57.9 Å². The van der Waals surface area contributed by atoms with E-state index in [1.165, 1.54) is 12.1 Å². The largest absolute Gasteiger partial charge is 0.338 e. The first-order valence-corrected chi connectivity index (χ1v) is 11.2. The smallest absolute Gasteiger partial charge is 0.241 e. The number of hydrogen-bond acceptors (Lipinski definition) is 5. The summed E-state index contributed by atoms with van der Waals surface area (Å²) in [5, 5.41) is 5.21. The highest BCUT2D eigenvalue weighted by Crippen LogP contribution is 2.27. The molecule has 3 unspecified atom stereocenters. The number of likely N-dealkylation sites (N-methyl/N-ethyl adjacent to an activating group) is 1. The van der Waals surface area contributed by atoms with Gasteiger partial charge in [0.05, 0.1) is 10.9 Å². The van der Waals surface area contributed by atoms with E-state index in [4.69, 9.17) is 5.14 Å². The van der Waals surface area contributed by atoms with Crippen LogP contribution >= 0.6 is 15.9 Å². The summed E-state index contributed by atoms with van der Waals surface area (Å²) in [5.41, 5.74) is 8.06. The molecule has 0 radical (unpaired) electrons. The van der Waals surface area contributed by atoms with Gasteiger partial charge in [0.15, 0.2) is 0 Å². The molecule has 4 N–H and O–H groups in total. The number of hydrazine groups is 1. The molecule has 0 bridgehead atoms. The van der Waals surface area contributed by atoms with Crippen molar-refractivity contribution < 1.29 is 13.2 Å². The van der Waals surface area contributed by atoms with Crippen LogP contribution in [-0.4, -0.2) is 32.3 Å². The molecule has 1 heterocycles. The van der Waals surface area contributed by atoms with Crippen LogP contribution in [0.2, 0.25) is 0 Å². The number of carbonyl (C=O) groups is 1. The van der Waals surface area contributed by atoms with Crippen LogP contribution in [0.25, 0.3) is 0 Å². The predicted octanol–water partition coefficient (Wildman–Crippen LogP) is 2.22. The third-order valence-electron chi connectivity index (χ3n) is 5.07. The van der Waals surface area contributed by atoms with Gasteiger partial charge in [0.1, 0.15) is 6.04 Å². The van der Waals surface area contributed by atoms with E-state index in [0.717, 1.165) is 10.0 Å². The van der Waals surface area contributed by atoms with Crippen molar-refractivity contribution >= 4 is 31.9 Å². The second-order valence-corrected chi connectivity index (χ2v) is 9.40. The molecule has 1 aliphatic heterocycles. The number of nitrogens with two attached hydrogens (primary N) is 1. The van der Waals surface area contributed by atoms with Gasteiger partial charge in [-0.3, -0.25) is 4.79 Å². The average Bonchev–Trinajstić information content (AvgIpc) is 3.16. The minimum Gasteiger partial charge on any atom is -0.338 e. The van der Waals surface area contributed by atoms with Gasteiger partial charge in [0.25, 0.3) is 0 Å². The monoisotopic (exact) mass is 466 g/mol. The van der Waals surface area contributed by atoms with Crippen LogP contribution < -0.4 is 16.0 Å². The van der Waals surface area contributed by atoms with E-state index in [1.54, 1.807) is 24.1 Å². The molecule has 2 aromatic carbocycles. The Kier molecular flexibility index (Phi) is 6.21. The first kappa shape index (κ1) is 20.9. The molecule has 1 fully saturated rings. The Morgan fingerprint density at radius 1 is 1.21 bits per heavy atom. The summed E-state index contributed by atoms with van der Waals surface area (Å²) >= 11 is 3.42. The number of nitrogens with one attached hydrogen (secondary N) is 2. The fraction of sp³-hybridized carbons (Fsp3) is 0.316. The van der Waals surface area contributed by atoms with Crippen LogP contribution in [0.1, 0.15) is 36.6 Å². The van der Waals surface area contributed by atoms with Gasteiger partial charge in [0, 0.05) is 17.6 Å². The van der Waals surface area contributed by atoms with Crippen LogP contribution in [0.4, 0.5) is 0 Å². The number of amides is 1. The molecule has 1 amide bonds. The number of hydrogen-bond donors (Lipinski definition) is 3. The van der Waals surface area contributed by atoms with E-state index < -0.39 is 10.0 Å². The van der Waals surface area contributed by atoms with Gasteiger partial charge in [-0.15, -0.1) is 0 Å². The topological polar surface area (TPSA) is 105 Å². The lowest BCUT2D eigenvalue weighted by Crippen LogP contribution is -2.44. The summed E-state index contributed by atoms with van der Waals surface area (Å²) in [6.45, 7) is 1.86. The molecule has 1 aliphatic rings. The molecule has 0 aliphatic carbocycles. The summed E-state index contributed by atoms with van der Waals surface area (Å²) in [6, 6.07) is 13.7. The molecule has 2 aromatic rings. The van der Waals surface area contributed by atoms with Crippen molar-refractivity contribution in [2.45, 2.75) is 36.4 Å². The summed E-state index contributed by atoms with van der Waals surface area (Å²) < 4.78 is 24.2. The summed E-state index contributed by atoms with van der Waals surface area (Å²) in [6.07, 6.45) is 0.620. The standard InChI is InChI=1S/C19H23BrN4O3S/c1-12(14-4-3-5-16(10-14)28(21,26)27)24(2)19(25)18-11-17(22-23-18)13-6-8-15(20)9-7-13/h3-10,12,17-18,22-23H,11H2,1-2H3,(H2,21,26,27). The first-order valence-electron chi connectivity index (χ1n) is 8.83. The Balaban J connectivity index is 1.70. The van der Waals surface area contributed by atoms with E-state index in [-0.39, 0.29) is 28.9 Å². The highest BCUT2D eigenvalue weighted by atomic mass is 79.9. The highest BCUT2D eigenvalue weighted by molar-refractivity contribution is 9.10. The quantitative estimate of drug-likeness (QED) is 0.626. The van der Waals surface area contributed by atoms with Crippen LogP contribution in [0.3, 0.4) is 0 Å². The minimum atomic E-state index is -3.79. The number of rotatable bonds is 5. The number of carbonyl (C=O) groups excluding carboxylic acids is 1. The lowest BCUT2D eigenvalue weighted by atomic mass is 10.0. The Labute approximate surface area is 173 Å². The van der Waals surface area contributed by atoms with Gasteiger partial charge in [-0.2, -0.15) is 0 Å². The lowest BCUT2D eigenvalue weighted by Gasteiger charge is -2.28. The molecular formula is C19H23BrN4O3S. The van der Waals surface area contributed by atoms with Crippen molar-refractivity contribution in [2.75, 3.05) is 7.05 Å². The Morgan fingerprint density at radius 2 is 1.89 bits per heavy atom. The zero-order valence-electron chi connectivity index (χ0n) is 15.6. The predicted molar refractivity (Wildman–Crippen MR) is 111 cm³/mol. The second kappa shape index (κ2) is 8.30. The molecular weight excluding hydrogens is 444 g/mol. The molecule has 150 valence electrons. The van der Waals surface area contributed by atoms with Gasteiger partial charge in [0.2, 0.25) is 15.9 Å². The van der Waals surface area contributed by atoms with E-state index >= 15 is 0 Å². The molecule has 28 heavy (non-hydrogen) atoms. The molecule has 7 nitrogen and oxygen atoms in total. The third kappa shape index (κ3) is 4.61. The maximum Gasteiger partial charge on any atom is 0.241 e. The summed E-state index contributed by atoms with van der Waals surface area (Å²) in [7, 11) is -2.08. The van der Waals surface area contributed by atoms with Gasteiger partial charge >= 0.3 is 0 Å². The van der Waals surface area contributed by atoms with Crippen molar-refractivity contribution in [3.05, 3.63) is 64.1 Å². The number of nitrogens with zero attached hydrogens (tertiary/aromatic N) is 1. The number of primary sulfonamides is 1. The third-order valence-corrected chi connectivity index (χ3v) is 6.51. The van der Waals surface area contributed by atoms with Crippen molar-refractivity contribution in [1.29, 1.82) is 0 Å². The number of halogens is 1. The normalized spacial score (nSPS) is 20.7. The van der Waals surface area contributed by atoms with E-state index in [0.29, 0.717) is 12.0 Å². The highest BCUT2D eigenvalue weighted by Gasteiger charge is 2.33. The van der Waals surface area contributed by atoms with Gasteiger partial charge < -0.3 is 4.90 Å². The number of sulfonamides is 1. The molecule has 1 saturated heterocycles. The zero-order valence-corrected chi connectivity index (χ0v) is 18.0. The fourth-order valence-electron chi connectivity index (χ4n) is 3.24. The number of benzene rings is 2. The minimum absolute atomic E-state index is 0.0358. The van der Waals surface area contributed by atoms with Gasteiger partial charge in [-0.05, 0) is 48.7 Å².